The smallest absolute Gasteiger partial charge is 0.161 e. The SMILES string of the molecule is CC(=O)C1(O)CCC2C3C=C(Cl)C4=CC(=O)CCC4C3CCC21C. The summed E-state index contributed by atoms with van der Waals surface area (Å²) in [6.45, 7) is 3.62. The number of halogens is 1. The summed E-state index contributed by atoms with van der Waals surface area (Å²) in [5, 5.41) is 11.8. The van der Waals surface area contributed by atoms with E-state index in [0.717, 1.165) is 36.3 Å². The van der Waals surface area contributed by atoms with Crippen molar-refractivity contribution in [3.05, 3.63) is 22.8 Å². The van der Waals surface area contributed by atoms with Gasteiger partial charge in [0.15, 0.2) is 11.6 Å². The third kappa shape index (κ3) is 2.00. The second kappa shape index (κ2) is 5.28. The molecule has 6 atom stereocenters. The number of rotatable bonds is 1. The van der Waals surface area contributed by atoms with Crippen molar-refractivity contribution in [2.75, 3.05) is 0 Å². The van der Waals surface area contributed by atoms with Crippen LogP contribution in [0.15, 0.2) is 22.8 Å². The first-order valence-electron chi connectivity index (χ1n) is 9.13. The van der Waals surface area contributed by atoms with Gasteiger partial charge in [-0.1, -0.05) is 24.6 Å². The van der Waals surface area contributed by atoms with Crippen LogP contribution in [0.25, 0.3) is 0 Å². The molecule has 2 saturated carbocycles. The van der Waals surface area contributed by atoms with Gasteiger partial charge >= 0.3 is 0 Å². The summed E-state index contributed by atoms with van der Waals surface area (Å²) in [7, 11) is 0. The van der Waals surface area contributed by atoms with Gasteiger partial charge in [0.2, 0.25) is 0 Å². The van der Waals surface area contributed by atoms with Gasteiger partial charge in [-0.2, -0.15) is 0 Å². The molecule has 1 N–H and O–H groups in total. The Kier molecular flexibility index (Phi) is 3.64. The lowest BCUT2D eigenvalue weighted by atomic mass is 9.52. The average Bonchev–Trinajstić information content (AvgIpc) is 2.81. The van der Waals surface area contributed by atoms with Crippen molar-refractivity contribution in [1.82, 2.24) is 0 Å². The van der Waals surface area contributed by atoms with Gasteiger partial charge < -0.3 is 5.11 Å². The van der Waals surface area contributed by atoms with E-state index in [4.69, 9.17) is 11.6 Å². The maximum absolute atomic E-state index is 12.2. The summed E-state index contributed by atoms with van der Waals surface area (Å²) in [5.74, 6) is 1.53. The van der Waals surface area contributed by atoms with Gasteiger partial charge in [-0.25, -0.2) is 0 Å². The van der Waals surface area contributed by atoms with Crippen LogP contribution in [-0.2, 0) is 9.59 Å². The molecule has 24 heavy (non-hydrogen) atoms. The van der Waals surface area contributed by atoms with E-state index >= 15 is 0 Å². The Morgan fingerprint density at radius 3 is 2.75 bits per heavy atom. The van der Waals surface area contributed by atoms with Crippen LogP contribution in [0.3, 0.4) is 0 Å². The highest BCUT2D eigenvalue weighted by molar-refractivity contribution is 6.32. The van der Waals surface area contributed by atoms with Gasteiger partial charge in [-0.05, 0) is 74.3 Å². The molecule has 0 amide bonds. The van der Waals surface area contributed by atoms with Crippen LogP contribution in [0.1, 0.15) is 52.4 Å². The summed E-state index contributed by atoms with van der Waals surface area (Å²) in [5.41, 5.74) is -0.529. The molecule has 6 unspecified atom stereocenters. The minimum atomic E-state index is -1.19. The van der Waals surface area contributed by atoms with E-state index in [9.17, 15) is 14.7 Å². The Hall–Kier alpha value is -0.930. The first-order chi connectivity index (χ1) is 11.3. The fourth-order valence-electron chi connectivity index (χ4n) is 6.29. The van der Waals surface area contributed by atoms with Crippen molar-refractivity contribution in [3.63, 3.8) is 0 Å². The van der Waals surface area contributed by atoms with Crippen LogP contribution in [0.4, 0.5) is 0 Å². The van der Waals surface area contributed by atoms with Crippen molar-refractivity contribution in [2.45, 2.75) is 58.0 Å². The number of fused-ring (bicyclic) bond motifs is 5. The Labute approximate surface area is 148 Å². The highest BCUT2D eigenvalue weighted by Gasteiger charge is 2.64. The van der Waals surface area contributed by atoms with Crippen LogP contribution >= 0.6 is 11.6 Å². The van der Waals surface area contributed by atoms with Gasteiger partial charge in [-0.15, -0.1) is 0 Å². The second-order valence-electron chi connectivity index (χ2n) is 8.48. The normalized spacial score (nSPS) is 47.2. The largest absolute Gasteiger partial charge is 0.382 e. The molecule has 0 aliphatic heterocycles. The van der Waals surface area contributed by atoms with E-state index in [1.807, 2.05) is 0 Å². The molecular weight excluding hydrogens is 324 g/mol. The Balaban J connectivity index is 1.75. The first kappa shape index (κ1) is 16.5. The van der Waals surface area contributed by atoms with Crippen LogP contribution in [0.2, 0.25) is 0 Å². The van der Waals surface area contributed by atoms with Crippen molar-refractivity contribution in [1.29, 1.82) is 0 Å². The molecule has 0 aromatic rings. The topological polar surface area (TPSA) is 54.4 Å². The second-order valence-corrected chi connectivity index (χ2v) is 8.89. The van der Waals surface area contributed by atoms with E-state index in [1.165, 1.54) is 6.92 Å². The van der Waals surface area contributed by atoms with Crippen LogP contribution < -0.4 is 0 Å². The molecule has 4 aliphatic rings. The number of carbonyl (C=O) groups is 2. The Morgan fingerprint density at radius 1 is 1.29 bits per heavy atom. The zero-order valence-corrected chi connectivity index (χ0v) is 15.1. The molecule has 0 radical (unpaired) electrons. The third-order valence-corrected chi connectivity index (χ3v) is 8.01. The van der Waals surface area contributed by atoms with Crippen molar-refractivity contribution >= 4 is 23.2 Å². The lowest BCUT2D eigenvalue weighted by molar-refractivity contribution is -0.155. The number of carbonyl (C=O) groups excluding carboxylic acids is 2. The first-order valence-corrected chi connectivity index (χ1v) is 9.51. The molecule has 130 valence electrons. The molecule has 0 aromatic heterocycles. The molecule has 0 heterocycles. The van der Waals surface area contributed by atoms with Gasteiger partial charge in [-0.3, -0.25) is 9.59 Å². The van der Waals surface area contributed by atoms with Gasteiger partial charge in [0.05, 0.1) is 0 Å². The van der Waals surface area contributed by atoms with Crippen LogP contribution in [0, 0.1) is 29.1 Å². The number of aliphatic hydroxyl groups is 1. The highest BCUT2D eigenvalue weighted by Crippen LogP contribution is 2.64. The molecule has 4 heteroatoms. The molecule has 3 nitrogen and oxygen atoms in total. The van der Waals surface area contributed by atoms with E-state index < -0.39 is 5.60 Å². The van der Waals surface area contributed by atoms with Crippen molar-refractivity contribution in [2.24, 2.45) is 29.1 Å². The third-order valence-electron chi connectivity index (χ3n) is 7.67. The fourth-order valence-corrected chi connectivity index (χ4v) is 6.63. The fraction of sp³-hybridized carbons (Fsp3) is 0.700. The molecular formula is C20H25ClO3. The maximum atomic E-state index is 12.2. The lowest BCUT2D eigenvalue weighted by Crippen LogP contribution is -2.55. The molecule has 2 fully saturated rings. The number of hydrogen-bond acceptors (Lipinski definition) is 3. The van der Waals surface area contributed by atoms with Crippen LogP contribution in [0.5, 0.6) is 0 Å². The lowest BCUT2D eigenvalue weighted by Gasteiger charge is -2.53. The minimum absolute atomic E-state index is 0.0966. The molecule has 4 aliphatic carbocycles. The summed E-state index contributed by atoms with van der Waals surface area (Å²) >= 11 is 6.56. The summed E-state index contributed by atoms with van der Waals surface area (Å²) in [6.07, 6.45) is 8.67. The van der Waals surface area contributed by atoms with E-state index in [-0.39, 0.29) is 22.9 Å². The quantitative estimate of drug-likeness (QED) is 0.784. The summed E-state index contributed by atoms with van der Waals surface area (Å²) in [4.78, 5) is 24.0. The van der Waals surface area contributed by atoms with Crippen molar-refractivity contribution < 1.29 is 14.7 Å². The molecule has 0 saturated heterocycles. The summed E-state index contributed by atoms with van der Waals surface area (Å²) in [6, 6.07) is 0. The van der Waals surface area contributed by atoms with E-state index in [0.29, 0.717) is 30.6 Å². The molecule has 0 aromatic carbocycles. The van der Waals surface area contributed by atoms with E-state index in [2.05, 4.69) is 13.0 Å². The van der Waals surface area contributed by atoms with Crippen LogP contribution in [-0.4, -0.2) is 22.3 Å². The minimum Gasteiger partial charge on any atom is -0.382 e. The van der Waals surface area contributed by atoms with Gasteiger partial charge in [0.25, 0.3) is 0 Å². The van der Waals surface area contributed by atoms with Gasteiger partial charge in [0, 0.05) is 16.9 Å². The maximum Gasteiger partial charge on any atom is 0.161 e. The predicted molar refractivity (Wildman–Crippen MR) is 92.4 cm³/mol. The highest BCUT2D eigenvalue weighted by atomic mass is 35.5. The summed E-state index contributed by atoms with van der Waals surface area (Å²) < 4.78 is 0. The number of ketones is 2. The number of hydrogen-bond donors (Lipinski definition) is 1. The monoisotopic (exact) mass is 348 g/mol. The standard InChI is InChI=1S/C20H25ClO3/c1-11(22)20(24)8-6-17-15-10-18(21)16-9-12(23)3-4-13(16)14(15)5-7-19(17,20)2/h9-10,13-15,17,24H,3-8H2,1-2H3. The zero-order chi connectivity index (χ0) is 17.3. The molecule has 0 spiro atoms. The predicted octanol–water partition coefficient (Wildman–Crippen LogP) is 3.79. The van der Waals surface area contributed by atoms with E-state index in [1.54, 1.807) is 6.08 Å². The molecule has 4 rings (SSSR count). The average molecular weight is 349 g/mol. The molecule has 0 bridgehead atoms. The zero-order valence-electron chi connectivity index (χ0n) is 14.3. The van der Waals surface area contributed by atoms with Gasteiger partial charge in [0.1, 0.15) is 5.60 Å². The Bertz CT molecular complexity index is 678. The Morgan fingerprint density at radius 2 is 2.04 bits per heavy atom. The van der Waals surface area contributed by atoms with Crippen molar-refractivity contribution in [3.8, 4) is 0 Å². The number of allylic oxidation sites excluding steroid dienone is 4. The number of Topliss-reactive ketones (excluding diaryl/α,β-unsaturated/α-hetero) is 1.